The van der Waals surface area contributed by atoms with E-state index >= 15 is 0 Å². The van der Waals surface area contributed by atoms with E-state index in [1.54, 1.807) is 0 Å². The largest absolute Gasteiger partial charge is 1.00 e. The molecule has 264 valence electrons. The van der Waals surface area contributed by atoms with Crippen molar-refractivity contribution in [2.24, 2.45) is 0 Å². The van der Waals surface area contributed by atoms with Gasteiger partial charge in [0.25, 0.3) is 0 Å². The molecule has 0 bridgehead atoms. The van der Waals surface area contributed by atoms with Crippen LogP contribution >= 0.6 is 0 Å². The zero-order valence-corrected chi connectivity index (χ0v) is 31.3. The van der Waals surface area contributed by atoms with Gasteiger partial charge in [-0.15, -0.1) is 0 Å². The maximum Gasteiger partial charge on any atom is 0.305 e. The number of nitrogens with zero attached hydrogens (tertiary/aromatic N) is 2. The molecule has 0 heterocycles. The van der Waals surface area contributed by atoms with Crippen LogP contribution in [0.1, 0.15) is 142 Å². The fourth-order valence-electron chi connectivity index (χ4n) is 5.16. The highest BCUT2D eigenvalue weighted by molar-refractivity contribution is 5.69. The van der Waals surface area contributed by atoms with Crippen molar-refractivity contribution in [1.82, 2.24) is 0 Å². The minimum atomic E-state index is -0.0270. The second-order valence-corrected chi connectivity index (χ2v) is 13.8. The van der Waals surface area contributed by atoms with E-state index in [9.17, 15) is 9.59 Å². The number of carbonyl (C=O) groups is 2. The smallest absolute Gasteiger partial charge is 0.305 e. The summed E-state index contributed by atoms with van der Waals surface area (Å²) in [6, 6.07) is 0. The number of esters is 2. The van der Waals surface area contributed by atoms with E-state index in [0.717, 1.165) is 86.5 Å². The maximum atomic E-state index is 11.9. The first kappa shape index (κ1) is 47.6. The van der Waals surface area contributed by atoms with Crippen LogP contribution in [0, 0.1) is 0 Å². The average Bonchev–Trinajstić information content (AvgIpc) is 2.94. The molecule has 0 rings (SSSR count). The highest BCUT2D eigenvalue weighted by Crippen LogP contribution is 2.11. The summed E-state index contributed by atoms with van der Waals surface area (Å²) in [6.07, 6.45) is 26.9. The first-order valence-corrected chi connectivity index (χ1v) is 17.7. The van der Waals surface area contributed by atoms with Gasteiger partial charge in [0.15, 0.2) is 0 Å². The van der Waals surface area contributed by atoms with Crippen molar-refractivity contribution in [3.8, 4) is 0 Å². The van der Waals surface area contributed by atoms with Crippen molar-refractivity contribution in [2.45, 2.75) is 142 Å². The van der Waals surface area contributed by atoms with Gasteiger partial charge in [-0.3, -0.25) is 9.59 Å². The molecular weight excluding hydrogens is 595 g/mol. The minimum absolute atomic E-state index is 0. The van der Waals surface area contributed by atoms with Crippen LogP contribution < -0.4 is 24.8 Å². The molecular formula is C36H72Cl2N2O4. The Bertz CT molecular complexity index is 631. The highest BCUT2D eigenvalue weighted by Gasteiger charge is 2.15. The molecule has 44 heavy (non-hydrogen) atoms. The van der Waals surface area contributed by atoms with E-state index in [0.29, 0.717) is 26.1 Å². The summed E-state index contributed by atoms with van der Waals surface area (Å²) < 4.78 is 12.8. The van der Waals surface area contributed by atoms with Gasteiger partial charge in [-0.05, 0) is 50.7 Å². The molecule has 0 aromatic carbocycles. The Balaban J connectivity index is -0.00000840. The molecule has 6 nitrogen and oxygen atoms in total. The van der Waals surface area contributed by atoms with Gasteiger partial charge in [0.05, 0.1) is 67.6 Å². The molecule has 0 spiro atoms. The van der Waals surface area contributed by atoms with Crippen molar-refractivity contribution in [3.05, 3.63) is 12.2 Å². The molecule has 0 unspecified atom stereocenters. The number of ether oxygens (including phenoxy) is 2. The zero-order chi connectivity index (χ0) is 31.4. The number of rotatable bonds is 30. The van der Waals surface area contributed by atoms with Crippen LogP contribution in [0.15, 0.2) is 12.2 Å². The number of carbonyl (C=O) groups excluding carboxylic acids is 2. The molecule has 0 atom stereocenters. The van der Waals surface area contributed by atoms with Crippen LogP contribution in [-0.2, 0) is 19.1 Å². The van der Waals surface area contributed by atoms with Gasteiger partial charge >= 0.3 is 11.9 Å². The SMILES string of the molecule is CCCCCCCCCC(=O)OCCCC[N+](C)(C)C/C=C/C[N+](C)(C)CCCCOC(=O)CCCCCCCCC.[Cl-].[Cl-]. The van der Waals surface area contributed by atoms with Crippen molar-refractivity contribution in [3.63, 3.8) is 0 Å². The van der Waals surface area contributed by atoms with Crippen molar-refractivity contribution in [1.29, 1.82) is 0 Å². The first-order chi connectivity index (χ1) is 20.1. The van der Waals surface area contributed by atoms with Crippen LogP contribution in [0.3, 0.4) is 0 Å². The Hall–Kier alpha value is -0.820. The fraction of sp³-hybridized carbons (Fsp3) is 0.889. The predicted octanol–water partition coefficient (Wildman–Crippen LogP) is 2.63. The molecule has 0 aliphatic carbocycles. The lowest BCUT2D eigenvalue weighted by Gasteiger charge is -2.30. The van der Waals surface area contributed by atoms with Gasteiger partial charge in [0, 0.05) is 12.8 Å². The average molecular weight is 668 g/mol. The second-order valence-electron chi connectivity index (χ2n) is 13.8. The summed E-state index contributed by atoms with van der Waals surface area (Å²) in [4.78, 5) is 23.9. The molecule has 0 aromatic heterocycles. The van der Waals surface area contributed by atoms with Crippen LogP contribution in [0.5, 0.6) is 0 Å². The standard InChI is InChI=1S/C36H72N2O4.2ClH/c1-7-9-11-13-15-17-19-27-35(39)41-33-25-23-31-37(3,4)29-21-22-30-38(5,6)32-24-26-34-42-36(40)28-20-18-16-14-12-10-8-2;;/h21-22H,7-20,23-34H2,1-6H3;2*1H/q+2;;/p-2/b22-21+;;. The van der Waals surface area contributed by atoms with Gasteiger partial charge in [0.1, 0.15) is 0 Å². The van der Waals surface area contributed by atoms with Crippen LogP contribution in [0.4, 0.5) is 0 Å². The molecule has 0 amide bonds. The lowest BCUT2D eigenvalue weighted by atomic mass is 10.1. The Kier molecular flexibility index (Phi) is 34.8. The summed E-state index contributed by atoms with van der Waals surface area (Å²) in [5.41, 5.74) is 0. The minimum Gasteiger partial charge on any atom is -1.00 e. The number of unbranched alkanes of at least 4 members (excludes halogenated alkanes) is 14. The summed E-state index contributed by atoms with van der Waals surface area (Å²) >= 11 is 0. The Labute approximate surface area is 286 Å². The molecule has 0 fully saturated rings. The molecule has 0 aliphatic rings. The first-order valence-electron chi connectivity index (χ1n) is 17.7. The number of quaternary nitrogens is 2. The van der Waals surface area contributed by atoms with Gasteiger partial charge in [-0.1, -0.05) is 90.9 Å². The van der Waals surface area contributed by atoms with E-state index in [1.165, 1.54) is 64.2 Å². The Morgan fingerprint density at radius 3 is 1.14 bits per heavy atom. The van der Waals surface area contributed by atoms with Gasteiger partial charge in [-0.2, -0.15) is 0 Å². The number of hydrogen-bond acceptors (Lipinski definition) is 4. The summed E-state index contributed by atoms with van der Waals surface area (Å²) in [7, 11) is 9.08. The molecule has 0 radical (unpaired) electrons. The van der Waals surface area contributed by atoms with Crippen LogP contribution in [0.2, 0.25) is 0 Å². The molecule has 0 aromatic rings. The van der Waals surface area contributed by atoms with E-state index < -0.39 is 0 Å². The van der Waals surface area contributed by atoms with Gasteiger partial charge < -0.3 is 43.3 Å². The van der Waals surface area contributed by atoms with E-state index in [-0.39, 0.29) is 36.8 Å². The van der Waals surface area contributed by atoms with E-state index in [4.69, 9.17) is 9.47 Å². The third-order valence-electron chi connectivity index (χ3n) is 8.18. The van der Waals surface area contributed by atoms with Crippen molar-refractivity contribution >= 4 is 11.9 Å². The van der Waals surface area contributed by atoms with Gasteiger partial charge in [-0.25, -0.2) is 0 Å². The number of likely N-dealkylation sites (N-methyl/N-ethyl adjacent to an activating group) is 2. The summed E-state index contributed by atoms with van der Waals surface area (Å²) in [6.45, 7) is 9.75. The van der Waals surface area contributed by atoms with E-state index in [2.05, 4.69) is 54.2 Å². The highest BCUT2D eigenvalue weighted by atomic mass is 35.5. The third-order valence-corrected chi connectivity index (χ3v) is 8.18. The topological polar surface area (TPSA) is 52.6 Å². The normalized spacial score (nSPS) is 11.7. The monoisotopic (exact) mass is 666 g/mol. The van der Waals surface area contributed by atoms with Crippen LogP contribution in [-0.4, -0.2) is 88.5 Å². The lowest BCUT2D eigenvalue weighted by Crippen LogP contribution is -3.00. The molecule has 0 saturated carbocycles. The predicted molar refractivity (Wildman–Crippen MR) is 178 cm³/mol. The van der Waals surface area contributed by atoms with E-state index in [1.807, 2.05) is 0 Å². The summed E-state index contributed by atoms with van der Waals surface area (Å²) in [5, 5.41) is 0. The molecule has 0 saturated heterocycles. The van der Waals surface area contributed by atoms with Gasteiger partial charge in [0.2, 0.25) is 0 Å². The Morgan fingerprint density at radius 1 is 0.477 bits per heavy atom. The van der Waals surface area contributed by atoms with Crippen molar-refractivity contribution < 1.29 is 52.8 Å². The molecule has 8 heteroatoms. The van der Waals surface area contributed by atoms with Crippen LogP contribution in [0.25, 0.3) is 0 Å². The lowest BCUT2D eigenvalue weighted by molar-refractivity contribution is -0.887. The summed E-state index contributed by atoms with van der Waals surface area (Å²) in [5.74, 6) is -0.0541. The quantitative estimate of drug-likeness (QED) is 0.0512. The van der Waals surface area contributed by atoms with Crippen molar-refractivity contribution in [2.75, 3.05) is 67.6 Å². The second kappa shape index (κ2) is 32.1. The molecule has 0 N–H and O–H groups in total. The fourth-order valence-corrected chi connectivity index (χ4v) is 5.16. The maximum absolute atomic E-state index is 11.9. The molecule has 0 aliphatic heterocycles. The number of hydrogen-bond donors (Lipinski definition) is 0. The zero-order valence-electron chi connectivity index (χ0n) is 29.8. The number of halogens is 2. The Morgan fingerprint density at radius 2 is 0.795 bits per heavy atom. The third kappa shape index (κ3) is 34.1.